The van der Waals surface area contributed by atoms with Gasteiger partial charge in [0, 0.05) is 5.56 Å². The van der Waals surface area contributed by atoms with Crippen LogP contribution in [0.1, 0.15) is 72.3 Å². The lowest BCUT2D eigenvalue weighted by Gasteiger charge is -2.23. The molecule has 0 aliphatic rings. The second-order valence-corrected chi connectivity index (χ2v) is 8.55. The van der Waals surface area contributed by atoms with Crippen LogP contribution in [0, 0.1) is 24.2 Å². The molecule has 0 aliphatic heterocycles. The van der Waals surface area contributed by atoms with Crippen molar-refractivity contribution in [1.29, 1.82) is 5.26 Å². The lowest BCUT2D eigenvalue weighted by Crippen LogP contribution is -2.25. The Kier molecular flexibility index (Phi) is 6.99. The minimum absolute atomic E-state index is 0.264. The third-order valence-electron chi connectivity index (χ3n) is 4.36. The molecular weight excluding hydrogens is 380 g/mol. The smallest absolute Gasteiger partial charge is 0.341 e. The molecule has 1 aromatic heterocycles. The predicted molar refractivity (Wildman–Crippen MR) is 114 cm³/mol. The maximum absolute atomic E-state index is 13.1. The Balaban J connectivity index is 2.78. The topological polar surface area (TPSA) is 89.3 Å². The number of pyridine rings is 1. The molecule has 0 saturated carbocycles. The molecule has 0 atom stereocenters. The van der Waals surface area contributed by atoms with E-state index in [-0.39, 0.29) is 11.5 Å². The number of esters is 2. The highest BCUT2D eigenvalue weighted by Crippen LogP contribution is 2.33. The maximum Gasteiger partial charge on any atom is 0.341 e. The summed E-state index contributed by atoms with van der Waals surface area (Å²) in [6.07, 6.45) is 0.603. The first-order chi connectivity index (χ1) is 14.0. The van der Waals surface area contributed by atoms with Gasteiger partial charge in [-0.15, -0.1) is 0 Å². The number of benzene rings is 1. The van der Waals surface area contributed by atoms with Gasteiger partial charge in [0.25, 0.3) is 0 Å². The number of hydrogen-bond donors (Lipinski definition) is 0. The first-order valence-corrected chi connectivity index (χ1v) is 9.84. The van der Waals surface area contributed by atoms with E-state index in [0.29, 0.717) is 40.1 Å². The summed E-state index contributed by atoms with van der Waals surface area (Å²) in [5.41, 5.74) is 2.56. The van der Waals surface area contributed by atoms with Gasteiger partial charge in [-0.05, 0) is 57.7 Å². The largest absolute Gasteiger partial charge is 0.465 e. The summed E-state index contributed by atoms with van der Waals surface area (Å²) in [6.45, 7) is 11.2. The fourth-order valence-electron chi connectivity index (χ4n) is 3.18. The molecule has 30 heavy (non-hydrogen) atoms. The molecule has 0 bridgehead atoms. The Bertz CT molecular complexity index is 994. The van der Waals surface area contributed by atoms with Gasteiger partial charge in [-0.1, -0.05) is 26.0 Å². The van der Waals surface area contributed by atoms with Gasteiger partial charge in [0.15, 0.2) is 0 Å². The molecule has 158 valence electrons. The minimum Gasteiger partial charge on any atom is -0.465 e. The molecule has 0 amide bonds. The van der Waals surface area contributed by atoms with Gasteiger partial charge in [-0.25, -0.2) is 9.59 Å². The van der Waals surface area contributed by atoms with Crippen molar-refractivity contribution in [1.82, 2.24) is 4.98 Å². The molecular formula is C24H28N2O4. The van der Waals surface area contributed by atoms with E-state index < -0.39 is 17.5 Å². The third-order valence-corrected chi connectivity index (χ3v) is 4.36. The molecule has 0 radical (unpaired) electrons. The van der Waals surface area contributed by atoms with Gasteiger partial charge in [-0.2, -0.15) is 5.26 Å². The van der Waals surface area contributed by atoms with Crippen LogP contribution in [0.4, 0.5) is 0 Å². The fourth-order valence-corrected chi connectivity index (χ4v) is 3.18. The lowest BCUT2D eigenvalue weighted by atomic mass is 9.90. The van der Waals surface area contributed by atoms with E-state index in [9.17, 15) is 14.9 Å². The highest BCUT2D eigenvalue weighted by Gasteiger charge is 2.28. The van der Waals surface area contributed by atoms with Crippen LogP contribution in [-0.4, -0.2) is 29.6 Å². The molecule has 0 fully saturated rings. The molecule has 0 saturated heterocycles. The van der Waals surface area contributed by atoms with Gasteiger partial charge >= 0.3 is 11.9 Å². The molecule has 6 heteroatoms. The first-order valence-electron chi connectivity index (χ1n) is 9.84. The van der Waals surface area contributed by atoms with Crippen LogP contribution in [0.3, 0.4) is 0 Å². The van der Waals surface area contributed by atoms with E-state index in [0.717, 1.165) is 0 Å². The predicted octanol–water partition coefficient (Wildman–Crippen LogP) is 4.87. The number of methoxy groups -OCH3 is 1. The highest BCUT2D eigenvalue weighted by atomic mass is 16.6. The first kappa shape index (κ1) is 23.1. The van der Waals surface area contributed by atoms with E-state index in [1.54, 1.807) is 52.0 Å². The van der Waals surface area contributed by atoms with Gasteiger partial charge < -0.3 is 9.47 Å². The molecule has 0 spiro atoms. The average Bonchev–Trinajstić information content (AvgIpc) is 2.65. The van der Waals surface area contributed by atoms with Gasteiger partial charge in [0.2, 0.25) is 0 Å². The number of nitrogens with zero attached hydrogens (tertiary/aromatic N) is 2. The summed E-state index contributed by atoms with van der Waals surface area (Å²) >= 11 is 0. The van der Waals surface area contributed by atoms with E-state index >= 15 is 0 Å². The van der Waals surface area contributed by atoms with Crippen LogP contribution in [0.5, 0.6) is 0 Å². The Labute approximate surface area is 177 Å². The summed E-state index contributed by atoms with van der Waals surface area (Å²) in [5.74, 6) is -0.709. The van der Waals surface area contributed by atoms with Crippen molar-refractivity contribution in [2.75, 3.05) is 7.11 Å². The zero-order chi connectivity index (χ0) is 22.6. The monoisotopic (exact) mass is 408 g/mol. The molecule has 2 rings (SSSR count). The summed E-state index contributed by atoms with van der Waals surface area (Å²) in [5, 5.41) is 9.97. The van der Waals surface area contributed by atoms with Crippen LogP contribution >= 0.6 is 0 Å². The number of ether oxygens (including phenoxy) is 2. The quantitative estimate of drug-likeness (QED) is 0.656. The van der Waals surface area contributed by atoms with Crippen molar-refractivity contribution >= 4 is 11.9 Å². The van der Waals surface area contributed by atoms with Gasteiger partial charge in [0.1, 0.15) is 11.7 Å². The molecule has 6 nitrogen and oxygen atoms in total. The van der Waals surface area contributed by atoms with Gasteiger partial charge in [0.05, 0.1) is 35.2 Å². The number of nitriles is 1. The molecule has 2 aromatic rings. The zero-order valence-electron chi connectivity index (χ0n) is 18.6. The summed E-state index contributed by atoms with van der Waals surface area (Å²) in [7, 11) is 1.31. The fraction of sp³-hybridized carbons (Fsp3) is 0.417. The Hall–Kier alpha value is -3.20. The van der Waals surface area contributed by atoms with E-state index in [1.807, 2.05) is 13.8 Å². The van der Waals surface area contributed by atoms with Crippen molar-refractivity contribution < 1.29 is 19.1 Å². The molecule has 0 aliphatic carbocycles. The van der Waals surface area contributed by atoms with Gasteiger partial charge in [-0.3, -0.25) is 4.98 Å². The maximum atomic E-state index is 13.1. The van der Waals surface area contributed by atoms with Crippen LogP contribution in [0.25, 0.3) is 11.1 Å². The molecule has 1 heterocycles. The number of aromatic nitrogens is 1. The number of carbonyl (C=O) groups excluding carboxylic acids is 2. The van der Waals surface area contributed by atoms with E-state index in [1.165, 1.54) is 7.11 Å². The minimum atomic E-state index is -0.695. The molecule has 0 unspecified atom stereocenters. The number of carbonyl (C=O) groups is 2. The third kappa shape index (κ3) is 5.24. The normalized spacial score (nSPS) is 11.2. The number of hydrogen-bond acceptors (Lipinski definition) is 6. The zero-order valence-corrected chi connectivity index (χ0v) is 18.6. The second kappa shape index (κ2) is 9.08. The van der Waals surface area contributed by atoms with Crippen molar-refractivity contribution in [3.05, 3.63) is 52.3 Å². The summed E-state index contributed by atoms with van der Waals surface area (Å²) < 4.78 is 10.4. The van der Waals surface area contributed by atoms with Crippen molar-refractivity contribution in [2.45, 2.75) is 53.6 Å². The summed E-state index contributed by atoms with van der Waals surface area (Å²) in [4.78, 5) is 29.4. The number of aryl methyl sites for hydroxylation is 1. The van der Waals surface area contributed by atoms with Crippen LogP contribution in [0.15, 0.2) is 24.3 Å². The van der Waals surface area contributed by atoms with Crippen LogP contribution in [-0.2, 0) is 15.9 Å². The Morgan fingerprint density at radius 3 is 2.20 bits per heavy atom. The average molecular weight is 408 g/mol. The van der Waals surface area contributed by atoms with Crippen LogP contribution in [0.2, 0.25) is 0 Å². The van der Waals surface area contributed by atoms with Crippen molar-refractivity contribution in [3.8, 4) is 17.2 Å². The van der Waals surface area contributed by atoms with E-state index in [4.69, 9.17) is 9.47 Å². The van der Waals surface area contributed by atoms with Crippen LogP contribution < -0.4 is 0 Å². The Morgan fingerprint density at radius 2 is 1.73 bits per heavy atom. The number of rotatable bonds is 5. The standard InChI is InChI=1S/C24H28N2O4/c1-14(2)12-19-18(13-25)21(16-8-10-17(11-9-16)22(27)29-7)20(15(3)26-19)23(28)30-24(4,5)6/h8-11,14H,12H2,1-7H3. The Morgan fingerprint density at radius 1 is 1.13 bits per heavy atom. The van der Waals surface area contributed by atoms with Crippen molar-refractivity contribution in [2.24, 2.45) is 5.92 Å². The lowest BCUT2D eigenvalue weighted by molar-refractivity contribution is 0.00689. The van der Waals surface area contributed by atoms with Crippen molar-refractivity contribution in [3.63, 3.8) is 0 Å². The second-order valence-electron chi connectivity index (χ2n) is 8.55. The SMILES string of the molecule is COC(=O)c1ccc(-c2c(C#N)c(CC(C)C)nc(C)c2C(=O)OC(C)(C)C)cc1. The molecule has 1 aromatic carbocycles. The highest BCUT2D eigenvalue weighted by molar-refractivity contribution is 6.00. The van der Waals surface area contributed by atoms with E-state index in [2.05, 4.69) is 11.1 Å². The molecule has 0 N–H and O–H groups in total. The summed E-state index contributed by atoms with van der Waals surface area (Å²) in [6, 6.07) is 8.87.